The molecule has 72 valence electrons. The maximum Gasteiger partial charge on any atom is 0.318 e. The molecule has 0 radical (unpaired) electrons. The predicted molar refractivity (Wildman–Crippen MR) is 49.6 cm³/mol. The van der Waals surface area contributed by atoms with Crippen molar-refractivity contribution in [2.24, 2.45) is 5.92 Å². The number of anilines is 1. The molecule has 1 aliphatic heterocycles. The molecule has 2 heterocycles. The van der Waals surface area contributed by atoms with Crippen LogP contribution in [0.5, 0.6) is 0 Å². The van der Waals surface area contributed by atoms with Crippen molar-refractivity contribution in [3.63, 3.8) is 0 Å². The normalized spacial score (nSPS) is 23.5. The zero-order chi connectivity index (χ0) is 9.26. The third kappa shape index (κ3) is 1.82. The lowest BCUT2D eigenvalue weighted by Gasteiger charge is -2.28. The molecule has 0 saturated carbocycles. The average molecular weight is 181 g/mol. The van der Waals surface area contributed by atoms with Crippen LogP contribution in [0.4, 0.5) is 6.01 Å². The van der Waals surface area contributed by atoms with E-state index in [1.54, 1.807) is 0 Å². The Morgan fingerprint density at radius 3 is 2.92 bits per heavy atom. The number of rotatable bonds is 1. The summed E-state index contributed by atoms with van der Waals surface area (Å²) < 4.78 is 5.38. The number of hydrogen-bond acceptors (Lipinski definition) is 4. The highest BCUT2D eigenvalue weighted by Gasteiger charge is 2.20. The molecule has 0 aromatic carbocycles. The fourth-order valence-corrected chi connectivity index (χ4v) is 1.78. The minimum atomic E-state index is 0.647. The maximum absolute atomic E-state index is 5.38. The highest BCUT2D eigenvalue weighted by molar-refractivity contribution is 5.24. The number of piperidine rings is 1. The Morgan fingerprint density at radius 2 is 2.31 bits per heavy atom. The fourth-order valence-electron chi connectivity index (χ4n) is 1.78. The van der Waals surface area contributed by atoms with E-state index >= 15 is 0 Å². The van der Waals surface area contributed by atoms with Gasteiger partial charge in [-0.3, -0.25) is 0 Å². The number of nitrogens with zero attached hydrogens (tertiary/aromatic N) is 3. The van der Waals surface area contributed by atoms with Gasteiger partial charge in [0.25, 0.3) is 0 Å². The Hall–Kier alpha value is -1.06. The van der Waals surface area contributed by atoms with Crippen molar-refractivity contribution in [1.82, 2.24) is 10.2 Å². The summed E-state index contributed by atoms with van der Waals surface area (Å²) in [5, 5.41) is 7.84. The molecule has 0 aliphatic carbocycles. The van der Waals surface area contributed by atoms with Crippen molar-refractivity contribution in [3.8, 4) is 0 Å². The fraction of sp³-hybridized carbons (Fsp3) is 0.778. The third-order valence-electron chi connectivity index (χ3n) is 2.44. The molecule has 1 aromatic heterocycles. The molecule has 0 amide bonds. The van der Waals surface area contributed by atoms with Gasteiger partial charge in [-0.05, 0) is 18.8 Å². The van der Waals surface area contributed by atoms with Crippen LogP contribution in [-0.4, -0.2) is 23.3 Å². The van der Waals surface area contributed by atoms with Crippen LogP contribution in [0.25, 0.3) is 0 Å². The van der Waals surface area contributed by atoms with E-state index in [0.717, 1.165) is 19.0 Å². The molecule has 1 fully saturated rings. The first-order chi connectivity index (χ1) is 6.25. The van der Waals surface area contributed by atoms with Gasteiger partial charge in [0.05, 0.1) is 0 Å². The molecule has 1 unspecified atom stereocenters. The van der Waals surface area contributed by atoms with E-state index in [2.05, 4.69) is 22.0 Å². The van der Waals surface area contributed by atoms with Gasteiger partial charge in [-0.15, -0.1) is 5.10 Å². The van der Waals surface area contributed by atoms with Gasteiger partial charge in [-0.1, -0.05) is 12.0 Å². The van der Waals surface area contributed by atoms with Crippen LogP contribution in [0.3, 0.4) is 0 Å². The number of aromatic nitrogens is 2. The Labute approximate surface area is 77.9 Å². The Balaban J connectivity index is 2.08. The topological polar surface area (TPSA) is 42.2 Å². The summed E-state index contributed by atoms with van der Waals surface area (Å²) >= 11 is 0. The molecule has 0 N–H and O–H groups in total. The van der Waals surface area contributed by atoms with Crippen molar-refractivity contribution in [2.75, 3.05) is 18.0 Å². The van der Waals surface area contributed by atoms with Crippen molar-refractivity contribution >= 4 is 6.01 Å². The molecule has 4 heteroatoms. The van der Waals surface area contributed by atoms with Crippen LogP contribution < -0.4 is 4.90 Å². The number of aryl methyl sites for hydroxylation is 1. The summed E-state index contributed by atoms with van der Waals surface area (Å²) in [5.74, 6) is 1.38. The summed E-state index contributed by atoms with van der Waals surface area (Å²) in [7, 11) is 0. The van der Waals surface area contributed by atoms with Gasteiger partial charge in [0.15, 0.2) is 0 Å². The molecule has 2 rings (SSSR count). The molecule has 0 spiro atoms. The highest BCUT2D eigenvalue weighted by Crippen LogP contribution is 2.21. The zero-order valence-electron chi connectivity index (χ0n) is 8.16. The first kappa shape index (κ1) is 8.53. The van der Waals surface area contributed by atoms with Gasteiger partial charge >= 0.3 is 6.01 Å². The summed E-state index contributed by atoms with van der Waals surface area (Å²) in [5.41, 5.74) is 0. The van der Waals surface area contributed by atoms with Gasteiger partial charge in [-0.25, -0.2) is 0 Å². The monoisotopic (exact) mass is 181 g/mol. The van der Waals surface area contributed by atoms with E-state index < -0.39 is 0 Å². The molecule has 13 heavy (non-hydrogen) atoms. The van der Waals surface area contributed by atoms with Crippen LogP contribution >= 0.6 is 0 Å². The van der Waals surface area contributed by atoms with Crippen molar-refractivity contribution < 1.29 is 4.42 Å². The second-order valence-electron chi connectivity index (χ2n) is 3.80. The van der Waals surface area contributed by atoms with Crippen molar-refractivity contribution in [2.45, 2.75) is 26.7 Å². The molecule has 0 bridgehead atoms. The SMILES string of the molecule is Cc1nnc(N2CCCC(C)C2)o1. The van der Waals surface area contributed by atoms with Crippen LogP contribution in [0.15, 0.2) is 4.42 Å². The van der Waals surface area contributed by atoms with Crippen LogP contribution in [0.1, 0.15) is 25.7 Å². The minimum Gasteiger partial charge on any atom is -0.408 e. The highest BCUT2D eigenvalue weighted by atomic mass is 16.4. The van der Waals surface area contributed by atoms with Crippen LogP contribution in [0.2, 0.25) is 0 Å². The summed E-state index contributed by atoms with van der Waals surface area (Å²) in [4.78, 5) is 2.17. The Morgan fingerprint density at radius 1 is 1.46 bits per heavy atom. The van der Waals surface area contributed by atoms with Gasteiger partial charge in [0.2, 0.25) is 5.89 Å². The molecule has 1 atom stereocenters. The average Bonchev–Trinajstić information content (AvgIpc) is 2.52. The van der Waals surface area contributed by atoms with Gasteiger partial charge in [0, 0.05) is 20.0 Å². The summed E-state index contributed by atoms with van der Waals surface area (Å²) in [6.45, 7) is 6.17. The largest absolute Gasteiger partial charge is 0.408 e. The van der Waals surface area contributed by atoms with E-state index in [9.17, 15) is 0 Å². The molecule has 1 aliphatic rings. The van der Waals surface area contributed by atoms with E-state index in [4.69, 9.17) is 4.42 Å². The lowest BCUT2D eigenvalue weighted by Crippen LogP contribution is -2.34. The first-order valence-electron chi connectivity index (χ1n) is 4.81. The first-order valence-corrected chi connectivity index (χ1v) is 4.81. The van der Waals surface area contributed by atoms with Gasteiger partial charge < -0.3 is 9.32 Å². The lowest BCUT2D eigenvalue weighted by atomic mass is 10.0. The van der Waals surface area contributed by atoms with Gasteiger partial charge in [0.1, 0.15) is 0 Å². The Kier molecular flexibility index (Phi) is 2.20. The lowest BCUT2D eigenvalue weighted by molar-refractivity contribution is 0.411. The molecule has 1 aromatic rings. The number of hydrogen-bond donors (Lipinski definition) is 0. The second-order valence-corrected chi connectivity index (χ2v) is 3.80. The van der Waals surface area contributed by atoms with E-state index in [1.807, 2.05) is 6.92 Å². The standard InChI is InChI=1S/C9H15N3O/c1-7-4-3-5-12(6-7)9-11-10-8(2)13-9/h7H,3-6H2,1-2H3. The third-order valence-corrected chi connectivity index (χ3v) is 2.44. The quantitative estimate of drug-likeness (QED) is 0.660. The van der Waals surface area contributed by atoms with Crippen molar-refractivity contribution in [1.29, 1.82) is 0 Å². The predicted octanol–water partition coefficient (Wildman–Crippen LogP) is 1.61. The molecular formula is C9H15N3O. The van der Waals surface area contributed by atoms with E-state index in [0.29, 0.717) is 11.9 Å². The minimum absolute atomic E-state index is 0.647. The summed E-state index contributed by atoms with van der Waals surface area (Å²) in [6.07, 6.45) is 2.53. The smallest absolute Gasteiger partial charge is 0.318 e. The Bertz CT molecular complexity index is 284. The van der Waals surface area contributed by atoms with Gasteiger partial charge in [-0.2, -0.15) is 0 Å². The maximum atomic E-state index is 5.38. The van der Waals surface area contributed by atoms with Crippen LogP contribution in [0, 0.1) is 12.8 Å². The van der Waals surface area contributed by atoms with E-state index in [1.165, 1.54) is 12.8 Å². The molecule has 4 nitrogen and oxygen atoms in total. The second kappa shape index (κ2) is 3.36. The van der Waals surface area contributed by atoms with Crippen molar-refractivity contribution in [3.05, 3.63) is 5.89 Å². The summed E-state index contributed by atoms with van der Waals surface area (Å²) in [6, 6.07) is 0.684. The van der Waals surface area contributed by atoms with E-state index in [-0.39, 0.29) is 0 Å². The molecular weight excluding hydrogens is 166 g/mol. The van der Waals surface area contributed by atoms with Crippen LogP contribution in [-0.2, 0) is 0 Å². The zero-order valence-corrected chi connectivity index (χ0v) is 8.16. The molecule has 1 saturated heterocycles.